The zero-order valence-electron chi connectivity index (χ0n) is 15.6. The lowest BCUT2D eigenvalue weighted by Gasteiger charge is -2.11. The highest BCUT2D eigenvalue weighted by atomic mass is 35.5. The number of nitrogens with zero attached hydrogens (tertiary/aromatic N) is 1. The third kappa shape index (κ3) is 5.13. The molecule has 10 heteroatoms. The minimum atomic E-state index is -3.45. The van der Waals surface area contributed by atoms with Crippen LogP contribution in [0.1, 0.15) is 20.7 Å². The van der Waals surface area contributed by atoms with Crippen molar-refractivity contribution in [3.05, 3.63) is 88.3 Å². The molecule has 154 valence electrons. The summed E-state index contributed by atoms with van der Waals surface area (Å²) < 4.78 is 23.8. The first-order valence-electron chi connectivity index (χ1n) is 8.55. The SMILES string of the molecule is CS(=O)(=O)c1cccc(C(=O)Nc2ccc(NC(=O)c3ccc[n+]([O-])c3)cc2Cl)c1. The Hall–Kier alpha value is -3.43. The highest BCUT2D eigenvalue weighted by Gasteiger charge is 2.14. The number of anilines is 2. The van der Waals surface area contributed by atoms with Gasteiger partial charge < -0.3 is 15.8 Å². The van der Waals surface area contributed by atoms with Crippen molar-refractivity contribution < 1.29 is 22.7 Å². The normalized spacial score (nSPS) is 11.0. The number of sulfone groups is 1. The molecule has 0 spiro atoms. The second kappa shape index (κ2) is 8.52. The van der Waals surface area contributed by atoms with Crippen LogP contribution in [0.15, 0.2) is 71.9 Å². The number of amides is 2. The Bertz CT molecular complexity index is 1240. The molecule has 0 unspecified atom stereocenters. The van der Waals surface area contributed by atoms with Crippen molar-refractivity contribution in [2.75, 3.05) is 16.9 Å². The first-order valence-corrected chi connectivity index (χ1v) is 10.8. The maximum Gasteiger partial charge on any atom is 0.261 e. The van der Waals surface area contributed by atoms with Crippen LogP contribution in [0.2, 0.25) is 5.02 Å². The molecule has 2 N–H and O–H groups in total. The van der Waals surface area contributed by atoms with Crippen LogP contribution in [0.4, 0.5) is 11.4 Å². The monoisotopic (exact) mass is 445 g/mol. The highest BCUT2D eigenvalue weighted by molar-refractivity contribution is 7.90. The van der Waals surface area contributed by atoms with E-state index in [4.69, 9.17) is 11.6 Å². The first-order chi connectivity index (χ1) is 14.1. The largest absolute Gasteiger partial charge is 0.619 e. The van der Waals surface area contributed by atoms with E-state index in [1.165, 1.54) is 60.8 Å². The molecule has 0 aliphatic carbocycles. The molecule has 0 aliphatic rings. The van der Waals surface area contributed by atoms with Crippen molar-refractivity contribution in [3.63, 3.8) is 0 Å². The molecule has 3 rings (SSSR count). The van der Waals surface area contributed by atoms with Gasteiger partial charge in [0.15, 0.2) is 22.2 Å². The van der Waals surface area contributed by atoms with Gasteiger partial charge in [-0.15, -0.1) is 0 Å². The Kier molecular flexibility index (Phi) is 6.04. The number of benzene rings is 2. The molecule has 2 aromatic carbocycles. The van der Waals surface area contributed by atoms with Gasteiger partial charge >= 0.3 is 0 Å². The number of aromatic nitrogens is 1. The number of rotatable bonds is 5. The fourth-order valence-corrected chi connectivity index (χ4v) is 3.44. The summed E-state index contributed by atoms with van der Waals surface area (Å²) in [6, 6.07) is 13.0. The summed E-state index contributed by atoms with van der Waals surface area (Å²) in [6.07, 6.45) is 3.45. The Morgan fingerprint density at radius 1 is 0.967 bits per heavy atom. The third-order valence-corrected chi connectivity index (χ3v) is 5.46. The first kappa shape index (κ1) is 21.3. The standard InChI is InChI=1S/C20H16ClN3O5S/c1-30(28,29)16-6-2-4-13(10-16)19(25)23-18-8-7-15(11-17(18)21)22-20(26)14-5-3-9-24(27)12-14/h2-12H,1H3,(H,22,26)(H,23,25). The maximum absolute atomic E-state index is 12.5. The number of carbonyl (C=O) groups is 2. The number of hydrogen-bond donors (Lipinski definition) is 2. The molecule has 30 heavy (non-hydrogen) atoms. The Labute approximate surface area is 177 Å². The Morgan fingerprint density at radius 3 is 2.33 bits per heavy atom. The van der Waals surface area contributed by atoms with E-state index in [9.17, 15) is 23.2 Å². The number of carbonyl (C=O) groups excluding carboxylic acids is 2. The summed E-state index contributed by atoms with van der Waals surface area (Å²) >= 11 is 6.20. The zero-order valence-corrected chi connectivity index (χ0v) is 17.2. The quantitative estimate of drug-likeness (QED) is 0.462. The summed E-state index contributed by atoms with van der Waals surface area (Å²) in [5.41, 5.74) is 0.970. The molecule has 1 aromatic heterocycles. The van der Waals surface area contributed by atoms with E-state index in [0.29, 0.717) is 10.4 Å². The van der Waals surface area contributed by atoms with Crippen molar-refractivity contribution in [2.45, 2.75) is 4.90 Å². The van der Waals surface area contributed by atoms with Crippen molar-refractivity contribution in [2.24, 2.45) is 0 Å². The molecule has 0 fully saturated rings. The lowest BCUT2D eigenvalue weighted by atomic mass is 10.2. The molecular formula is C20H16ClN3O5S. The molecule has 0 bridgehead atoms. The van der Waals surface area contributed by atoms with E-state index in [0.717, 1.165) is 12.5 Å². The molecule has 1 heterocycles. The fourth-order valence-electron chi connectivity index (χ4n) is 2.55. The molecular weight excluding hydrogens is 430 g/mol. The Balaban J connectivity index is 1.74. The van der Waals surface area contributed by atoms with Crippen LogP contribution < -0.4 is 15.4 Å². The van der Waals surface area contributed by atoms with Crippen LogP contribution in [0.25, 0.3) is 0 Å². The van der Waals surface area contributed by atoms with Gasteiger partial charge in [-0.25, -0.2) is 8.42 Å². The van der Waals surface area contributed by atoms with Gasteiger partial charge in [0, 0.05) is 23.6 Å². The third-order valence-electron chi connectivity index (χ3n) is 4.04. The van der Waals surface area contributed by atoms with Crippen LogP contribution in [0.3, 0.4) is 0 Å². The van der Waals surface area contributed by atoms with Crippen LogP contribution in [0.5, 0.6) is 0 Å². The second-order valence-electron chi connectivity index (χ2n) is 6.36. The molecule has 0 radical (unpaired) electrons. The summed E-state index contributed by atoms with van der Waals surface area (Å²) in [6.45, 7) is 0. The predicted molar refractivity (Wildman–Crippen MR) is 112 cm³/mol. The predicted octanol–water partition coefficient (Wildman–Crippen LogP) is 2.88. The van der Waals surface area contributed by atoms with E-state index in [1.54, 1.807) is 0 Å². The van der Waals surface area contributed by atoms with Crippen LogP contribution >= 0.6 is 11.6 Å². The number of pyridine rings is 1. The number of nitrogens with one attached hydrogen (secondary N) is 2. The number of halogens is 1. The van der Waals surface area contributed by atoms with Gasteiger partial charge in [-0.1, -0.05) is 17.7 Å². The van der Waals surface area contributed by atoms with Gasteiger partial charge in [0.25, 0.3) is 11.8 Å². The fraction of sp³-hybridized carbons (Fsp3) is 0.0500. The summed E-state index contributed by atoms with van der Waals surface area (Å²) in [5, 5.41) is 16.7. The molecule has 0 saturated carbocycles. The molecule has 0 aliphatic heterocycles. The van der Waals surface area contributed by atoms with Gasteiger partial charge in [0.1, 0.15) is 5.56 Å². The zero-order chi connectivity index (χ0) is 21.9. The Morgan fingerprint density at radius 2 is 1.67 bits per heavy atom. The molecule has 0 saturated heterocycles. The molecule has 3 aromatic rings. The van der Waals surface area contributed by atoms with Gasteiger partial charge in [-0.2, -0.15) is 4.73 Å². The van der Waals surface area contributed by atoms with E-state index in [2.05, 4.69) is 10.6 Å². The topological polar surface area (TPSA) is 119 Å². The van der Waals surface area contributed by atoms with Gasteiger partial charge in [0.05, 0.1) is 15.6 Å². The lowest BCUT2D eigenvalue weighted by molar-refractivity contribution is -0.605. The van der Waals surface area contributed by atoms with Crippen molar-refractivity contribution >= 4 is 44.6 Å². The van der Waals surface area contributed by atoms with Gasteiger partial charge in [-0.3, -0.25) is 9.59 Å². The van der Waals surface area contributed by atoms with Crippen molar-refractivity contribution in [1.29, 1.82) is 0 Å². The molecule has 0 atom stereocenters. The van der Waals surface area contributed by atoms with Crippen LogP contribution in [-0.2, 0) is 9.84 Å². The van der Waals surface area contributed by atoms with E-state index in [1.807, 2.05) is 0 Å². The maximum atomic E-state index is 12.5. The summed E-state index contributed by atoms with van der Waals surface area (Å²) in [5.74, 6) is -1.03. The summed E-state index contributed by atoms with van der Waals surface area (Å²) in [7, 11) is -3.45. The van der Waals surface area contributed by atoms with E-state index < -0.39 is 21.7 Å². The van der Waals surface area contributed by atoms with Crippen molar-refractivity contribution in [3.8, 4) is 0 Å². The average Bonchev–Trinajstić information content (AvgIpc) is 2.69. The minimum absolute atomic E-state index is 0.0274. The molecule has 2 amide bonds. The van der Waals surface area contributed by atoms with Gasteiger partial charge in [0.2, 0.25) is 0 Å². The van der Waals surface area contributed by atoms with E-state index >= 15 is 0 Å². The van der Waals surface area contributed by atoms with E-state index in [-0.39, 0.29) is 26.7 Å². The second-order valence-corrected chi connectivity index (χ2v) is 8.78. The number of hydrogen-bond acceptors (Lipinski definition) is 5. The lowest BCUT2D eigenvalue weighted by Crippen LogP contribution is -2.27. The van der Waals surface area contributed by atoms with Crippen molar-refractivity contribution in [1.82, 2.24) is 0 Å². The van der Waals surface area contributed by atoms with Gasteiger partial charge in [-0.05, 0) is 42.5 Å². The minimum Gasteiger partial charge on any atom is -0.619 e. The van der Waals surface area contributed by atoms with Crippen LogP contribution in [-0.4, -0.2) is 26.5 Å². The summed E-state index contributed by atoms with van der Waals surface area (Å²) in [4.78, 5) is 24.7. The van der Waals surface area contributed by atoms with Crippen LogP contribution in [0, 0.1) is 5.21 Å². The smallest absolute Gasteiger partial charge is 0.261 e. The average molecular weight is 446 g/mol. The molecule has 8 nitrogen and oxygen atoms in total. The highest BCUT2D eigenvalue weighted by Crippen LogP contribution is 2.26.